The average molecular weight is 525 g/mol. The van der Waals surface area contributed by atoms with Crippen molar-refractivity contribution in [1.82, 2.24) is 14.9 Å². The molecule has 1 aliphatic rings. The van der Waals surface area contributed by atoms with Crippen LogP contribution in [-0.4, -0.2) is 72.3 Å². The molecule has 9 nitrogen and oxygen atoms in total. The molecule has 39 heavy (non-hydrogen) atoms. The fraction of sp³-hybridized carbons (Fsp3) is 0.233. The number of aliphatic hydroxyl groups excluding tert-OH is 1. The summed E-state index contributed by atoms with van der Waals surface area (Å²) in [7, 11) is 1.66. The summed E-state index contributed by atoms with van der Waals surface area (Å²) in [5, 5.41) is 13.4. The number of primary amides is 1. The van der Waals surface area contributed by atoms with Crippen LogP contribution in [-0.2, 0) is 4.79 Å². The Kier molecular flexibility index (Phi) is 8.00. The molecule has 0 bridgehead atoms. The Bertz CT molecular complexity index is 1500. The highest BCUT2D eigenvalue weighted by Gasteiger charge is 2.18. The molecule has 0 unspecified atom stereocenters. The number of fused-ring (bicyclic) bond motifs is 1. The van der Waals surface area contributed by atoms with Crippen molar-refractivity contribution in [2.24, 2.45) is 5.73 Å². The highest BCUT2D eigenvalue weighted by molar-refractivity contribution is 5.95. The number of carbonyl (C=O) groups excluding carboxylic acids is 1. The van der Waals surface area contributed by atoms with Gasteiger partial charge in [0.1, 0.15) is 5.75 Å². The molecule has 2 heterocycles. The average Bonchev–Trinajstić information content (AvgIpc) is 2.97. The summed E-state index contributed by atoms with van der Waals surface area (Å²) in [4.78, 5) is 25.1. The van der Waals surface area contributed by atoms with E-state index in [1.165, 1.54) is 6.08 Å². The smallest absolute Gasteiger partial charge is 0.241 e. The van der Waals surface area contributed by atoms with Gasteiger partial charge in [0.25, 0.3) is 0 Å². The van der Waals surface area contributed by atoms with Crippen LogP contribution in [0.5, 0.6) is 5.75 Å². The Morgan fingerprint density at radius 1 is 1.10 bits per heavy atom. The van der Waals surface area contributed by atoms with Crippen molar-refractivity contribution in [2.45, 2.75) is 0 Å². The molecule has 0 radical (unpaired) electrons. The van der Waals surface area contributed by atoms with Crippen LogP contribution in [0.15, 0.2) is 72.9 Å². The third-order valence-electron chi connectivity index (χ3n) is 6.83. The second kappa shape index (κ2) is 11.9. The van der Waals surface area contributed by atoms with Crippen LogP contribution in [0.3, 0.4) is 0 Å². The van der Waals surface area contributed by atoms with Gasteiger partial charge in [-0.3, -0.25) is 9.69 Å². The first kappa shape index (κ1) is 26.1. The zero-order valence-corrected chi connectivity index (χ0v) is 21.9. The van der Waals surface area contributed by atoms with Gasteiger partial charge < -0.3 is 25.8 Å². The van der Waals surface area contributed by atoms with Gasteiger partial charge in [-0.15, -0.1) is 0 Å². The van der Waals surface area contributed by atoms with E-state index < -0.39 is 5.91 Å². The second-order valence-corrected chi connectivity index (χ2v) is 9.36. The first-order valence-electron chi connectivity index (χ1n) is 12.9. The topological polar surface area (TPSA) is 117 Å². The molecule has 1 aliphatic heterocycles. The fourth-order valence-electron chi connectivity index (χ4n) is 4.81. The molecule has 1 fully saturated rings. The molecule has 4 N–H and O–H groups in total. The van der Waals surface area contributed by atoms with Crippen LogP contribution in [0.2, 0.25) is 0 Å². The SMILES string of the molecule is COc1cc(N2CCN(CCO)CC2)ccc1Nc1ncc2cccc(-c3cccc(C=CC(N)=O)c3)c2n1. The van der Waals surface area contributed by atoms with Gasteiger partial charge in [0.2, 0.25) is 11.9 Å². The predicted molar refractivity (Wildman–Crippen MR) is 155 cm³/mol. The van der Waals surface area contributed by atoms with Crippen molar-refractivity contribution in [3.05, 3.63) is 78.5 Å². The quantitative estimate of drug-likeness (QED) is 0.284. The van der Waals surface area contributed by atoms with Crippen LogP contribution >= 0.6 is 0 Å². The number of nitrogens with one attached hydrogen (secondary N) is 1. The molecule has 1 saturated heterocycles. The van der Waals surface area contributed by atoms with Gasteiger partial charge in [0.15, 0.2) is 0 Å². The third-order valence-corrected chi connectivity index (χ3v) is 6.83. The van der Waals surface area contributed by atoms with Crippen LogP contribution in [0.4, 0.5) is 17.3 Å². The first-order valence-corrected chi connectivity index (χ1v) is 12.9. The minimum absolute atomic E-state index is 0.188. The largest absolute Gasteiger partial charge is 0.494 e. The highest BCUT2D eigenvalue weighted by Crippen LogP contribution is 2.33. The van der Waals surface area contributed by atoms with Gasteiger partial charge in [-0.1, -0.05) is 36.4 Å². The van der Waals surface area contributed by atoms with Gasteiger partial charge in [0.05, 0.1) is 24.9 Å². The zero-order valence-electron chi connectivity index (χ0n) is 21.9. The summed E-state index contributed by atoms with van der Waals surface area (Å²) in [5.74, 6) is 0.678. The highest BCUT2D eigenvalue weighted by atomic mass is 16.5. The Balaban J connectivity index is 1.40. The number of rotatable bonds is 9. The minimum Gasteiger partial charge on any atom is -0.494 e. The number of methoxy groups -OCH3 is 1. The van der Waals surface area contributed by atoms with Gasteiger partial charge >= 0.3 is 0 Å². The number of aliphatic hydroxyl groups is 1. The zero-order chi connectivity index (χ0) is 27.2. The van der Waals surface area contributed by atoms with Gasteiger partial charge in [-0.2, -0.15) is 0 Å². The van der Waals surface area contributed by atoms with E-state index in [1.807, 2.05) is 54.6 Å². The Hall–Kier alpha value is -4.47. The molecule has 0 spiro atoms. The predicted octanol–water partition coefficient (Wildman–Crippen LogP) is 3.66. The lowest BCUT2D eigenvalue weighted by Gasteiger charge is -2.36. The Morgan fingerprint density at radius 3 is 2.69 bits per heavy atom. The maximum atomic E-state index is 11.2. The number of hydrogen-bond donors (Lipinski definition) is 3. The number of carbonyl (C=O) groups is 1. The first-order chi connectivity index (χ1) is 19.0. The monoisotopic (exact) mass is 524 g/mol. The number of nitrogens with zero attached hydrogens (tertiary/aromatic N) is 4. The van der Waals surface area contributed by atoms with Crippen molar-refractivity contribution in [1.29, 1.82) is 0 Å². The van der Waals surface area contributed by atoms with Gasteiger partial charge in [0, 0.05) is 67.7 Å². The van der Waals surface area contributed by atoms with Crippen LogP contribution < -0.4 is 20.7 Å². The van der Waals surface area contributed by atoms with Crippen LogP contribution in [0.1, 0.15) is 5.56 Å². The standard InChI is InChI=1S/C30H32N6O3/c1-39-27-19-24(36-14-12-35(13-15-36)16-17-37)9-10-26(27)33-30-32-20-23-6-3-7-25(29(23)34-30)22-5-2-4-21(18-22)8-11-28(31)38/h2-11,18-20,37H,12-17H2,1H3,(H2,31,38)(H,32,33,34). The van der Waals surface area contributed by atoms with Crippen molar-refractivity contribution in [3.63, 3.8) is 0 Å². The van der Waals surface area contributed by atoms with E-state index >= 15 is 0 Å². The maximum absolute atomic E-state index is 11.2. The number of para-hydroxylation sites is 1. The van der Waals surface area contributed by atoms with Crippen molar-refractivity contribution < 1.29 is 14.6 Å². The summed E-state index contributed by atoms with van der Waals surface area (Å²) in [6, 6.07) is 19.9. The van der Waals surface area contributed by atoms with Gasteiger partial charge in [-0.25, -0.2) is 9.97 Å². The lowest BCUT2D eigenvalue weighted by Crippen LogP contribution is -2.47. The molecule has 0 saturated carbocycles. The van der Waals surface area contributed by atoms with E-state index in [0.717, 1.165) is 65.1 Å². The molecule has 1 aromatic heterocycles. The summed E-state index contributed by atoms with van der Waals surface area (Å²) in [5.41, 5.74) is 10.7. The summed E-state index contributed by atoms with van der Waals surface area (Å²) in [6.45, 7) is 4.53. The lowest BCUT2D eigenvalue weighted by atomic mass is 10.0. The molecule has 3 aromatic carbocycles. The lowest BCUT2D eigenvalue weighted by molar-refractivity contribution is -0.113. The number of β-amino-alcohol motifs (C(OH)–C–C–N with tert-alkyl or cyclic N) is 1. The molecule has 0 aliphatic carbocycles. The van der Waals surface area contributed by atoms with E-state index in [1.54, 1.807) is 19.4 Å². The van der Waals surface area contributed by atoms with Crippen molar-refractivity contribution in [3.8, 4) is 16.9 Å². The molecule has 0 atom stereocenters. The van der Waals surface area contributed by atoms with Crippen molar-refractivity contribution in [2.75, 3.05) is 56.7 Å². The summed E-state index contributed by atoms with van der Waals surface area (Å²) in [6.07, 6.45) is 4.85. The number of ether oxygens (including phenoxy) is 1. The normalized spacial score (nSPS) is 14.2. The number of benzene rings is 3. The van der Waals surface area contributed by atoms with Crippen LogP contribution in [0, 0.1) is 0 Å². The Morgan fingerprint density at radius 2 is 1.92 bits per heavy atom. The molecule has 4 aromatic rings. The second-order valence-electron chi connectivity index (χ2n) is 9.36. The summed E-state index contributed by atoms with van der Waals surface area (Å²) >= 11 is 0. The number of nitrogens with two attached hydrogens (primary N) is 1. The number of hydrogen-bond acceptors (Lipinski definition) is 8. The number of anilines is 3. The van der Waals surface area contributed by atoms with Gasteiger partial charge in [-0.05, 0) is 35.4 Å². The van der Waals surface area contributed by atoms with E-state index in [2.05, 4.69) is 26.2 Å². The summed E-state index contributed by atoms with van der Waals surface area (Å²) < 4.78 is 5.71. The molecule has 9 heteroatoms. The molecule has 5 rings (SSSR count). The Labute approximate surface area is 227 Å². The molecule has 1 amide bonds. The van der Waals surface area contributed by atoms with Crippen molar-refractivity contribution >= 4 is 40.2 Å². The number of amides is 1. The molecular weight excluding hydrogens is 492 g/mol. The van der Waals surface area contributed by atoms with E-state index in [9.17, 15) is 9.90 Å². The van der Waals surface area contributed by atoms with Crippen LogP contribution in [0.25, 0.3) is 28.1 Å². The minimum atomic E-state index is -0.488. The molecule has 200 valence electrons. The third kappa shape index (κ3) is 6.17. The van der Waals surface area contributed by atoms with E-state index in [-0.39, 0.29) is 6.61 Å². The maximum Gasteiger partial charge on any atom is 0.241 e. The molecular formula is C30H32N6O3. The van der Waals surface area contributed by atoms with E-state index in [4.69, 9.17) is 15.5 Å². The number of piperazine rings is 1. The fourth-order valence-corrected chi connectivity index (χ4v) is 4.81. The number of aromatic nitrogens is 2. The van der Waals surface area contributed by atoms with E-state index in [0.29, 0.717) is 18.2 Å².